The van der Waals surface area contributed by atoms with Crippen molar-refractivity contribution in [3.63, 3.8) is 0 Å². The smallest absolute Gasteiger partial charge is 0.123 e. The molecule has 2 unspecified atom stereocenters. The summed E-state index contributed by atoms with van der Waals surface area (Å²) >= 11 is 2.01. The third-order valence-corrected chi connectivity index (χ3v) is 4.86. The van der Waals surface area contributed by atoms with Gasteiger partial charge in [-0.3, -0.25) is 4.90 Å². The monoisotopic (exact) mass is 282 g/mol. The molecule has 2 nitrogen and oxygen atoms in total. The van der Waals surface area contributed by atoms with Gasteiger partial charge in [0.2, 0.25) is 0 Å². The number of rotatable bonds is 3. The van der Waals surface area contributed by atoms with E-state index in [1.54, 1.807) is 0 Å². The third kappa shape index (κ3) is 3.71. The number of halogens is 1. The second-order valence-electron chi connectivity index (χ2n) is 5.93. The Kier molecular flexibility index (Phi) is 4.54. The maximum absolute atomic E-state index is 13.1. The summed E-state index contributed by atoms with van der Waals surface area (Å²) in [7, 11) is 0. The Morgan fingerprint density at radius 1 is 1.32 bits per heavy atom. The van der Waals surface area contributed by atoms with Gasteiger partial charge in [0.15, 0.2) is 0 Å². The van der Waals surface area contributed by atoms with Crippen molar-refractivity contribution in [3.8, 4) is 0 Å². The Morgan fingerprint density at radius 2 is 1.95 bits per heavy atom. The quantitative estimate of drug-likeness (QED) is 0.924. The fourth-order valence-corrected chi connectivity index (χ4v) is 3.93. The van der Waals surface area contributed by atoms with Gasteiger partial charge in [0, 0.05) is 35.7 Å². The van der Waals surface area contributed by atoms with Crippen LogP contribution in [-0.4, -0.2) is 34.5 Å². The first-order valence-corrected chi connectivity index (χ1v) is 7.77. The van der Waals surface area contributed by atoms with E-state index in [-0.39, 0.29) is 22.6 Å². The lowest BCUT2D eigenvalue weighted by Crippen LogP contribution is -2.49. The van der Waals surface area contributed by atoms with Gasteiger partial charge in [0.1, 0.15) is 5.82 Å². The van der Waals surface area contributed by atoms with Crippen LogP contribution >= 0.6 is 11.8 Å². The van der Waals surface area contributed by atoms with Crippen molar-refractivity contribution in [1.29, 1.82) is 0 Å². The summed E-state index contributed by atoms with van der Waals surface area (Å²) in [5.74, 6) is 0.930. The highest BCUT2D eigenvalue weighted by molar-refractivity contribution is 8.00. The van der Waals surface area contributed by atoms with Crippen LogP contribution in [-0.2, 0) is 0 Å². The SMILES string of the molecule is CC(N)C(c1ccc(F)cc1)N1CCSC(C)(C)C1. The van der Waals surface area contributed by atoms with Crippen molar-refractivity contribution in [1.82, 2.24) is 4.90 Å². The van der Waals surface area contributed by atoms with Crippen LogP contribution in [0.5, 0.6) is 0 Å². The van der Waals surface area contributed by atoms with Crippen LogP contribution in [0.2, 0.25) is 0 Å². The maximum Gasteiger partial charge on any atom is 0.123 e. The van der Waals surface area contributed by atoms with Crippen molar-refractivity contribution in [3.05, 3.63) is 35.6 Å². The average molecular weight is 282 g/mol. The van der Waals surface area contributed by atoms with Gasteiger partial charge in [-0.1, -0.05) is 12.1 Å². The maximum atomic E-state index is 13.1. The Morgan fingerprint density at radius 3 is 2.47 bits per heavy atom. The molecule has 2 N–H and O–H groups in total. The van der Waals surface area contributed by atoms with Crippen molar-refractivity contribution in [2.24, 2.45) is 5.73 Å². The molecule has 0 radical (unpaired) electrons. The first kappa shape index (κ1) is 14.8. The molecule has 1 aliphatic heterocycles. The van der Waals surface area contributed by atoms with Crippen LogP contribution in [0.4, 0.5) is 4.39 Å². The molecular formula is C15H23FN2S. The Labute approximate surface area is 119 Å². The number of benzene rings is 1. The fraction of sp³-hybridized carbons (Fsp3) is 0.600. The van der Waals surface area contributed by atoms with E-state index in [2.05, 4.69) is 18.7 Å². The molecule has 1 aliphatic rings. The highest BCUT2D eigenvalue weighted by Crippen LogP contribution is 2.35. The van der Waals surface area contributed by atoms with Gasteiger partial charge in [-0.05, 0) is 38.5 Å². The van der Waals surface area contributed by atoms with Gasteiger partial charge in [-0.25, -0.2) is 4.39 Å². The van der Waals surface area contributed by atoms with Gasteiger partial charge in [-0.2, -0.15) is 11.8 Å². The van der Waals surface area contributed by atoms with Gasteiger partial charge in [0.05, 0.1) is 0 Å². The lowest BCUT2D eigenvalue weighted by atomic mass is 9.97. The molecule has 0 bridgehead atoms. The van der Waals surface area contributed by atoms with Crippen LogP contribution in [0.25, 0.3) is 0 Å². The van der Waals surface area contributed by atoms with Crippen LogP contribution in [0.3, 0.4) is 0 Å². The minimum absolute atomic E-state index is 0.0318. The number of nitrogens with zero attached hydrogens (tertiary/aromatic N) is 1. The highest BCUT2D eigenvalue weighted by atomic mass is 32.2. The second-order valence-corrected chi connectivity index (χ2v) is 7.74. The topological polar surface area (TPSA) is 29.3 Å². The lowest BCUT2D eigenvalue weighted by molar-refractivity contribution is 0.168. The summed E-state index contributed by atoms with van der Waals surface area (Å²) in [4.78, 5) is 2.44. The largest absolute Gasteiger partial charge is 0.326 e. The summed E-state index contributed by atoms with van der Waals surface area (Å²) in [5.41, 5.74) is 7.29. The molecule has 0 aromatic heterocycles. The molecule has 0 saturated carbocycles. The number of hydrogen-bond acceptors (Lipinski definition) is 3. The molecule has 1 heterocycles. The number of hydrogen-bond donors (Lipinski definition) is 1. The van der Waals surface area contributed by atoms with E-state index in [0.29, 0.717) is 0 Å². The molecular weight excluding hydrogens is 259 g/mol. The number of nitrogens with two attached hydrogens (primary N) is 1. The van der Waals surface area contributed by atoms with Gasteiger partial charge in [0.25, 0.3) is 0 Å². The second kappa shape index (κ2) is 5.81. The number of thioether (sulfide) groups is 1. The van der Waals surface area contributed by atoms with E-state index < -0.39 is 0 Å². The first-order valence-electron chi connectivity index (χ1n) is 6.78. The third-order valence-electron chi connectivity index (χ3n) is 3.56. The summed E-state index contributed by atoms with van der Waals surface area (Å²) in [6, 6.07) is 6.96. The van der Waals surface area contributed by atoms with Crippen molar-refractivity contribution < 1.29 is 4.39 Å². The molecule has 1 aromatic rings. The molecule has 106 valence electrons. The summed E-state index contributed by atoms with van der Waals surface area (Å²) in [6.07, 6.45) is 0. The molecule has 1 aromatic carbocycles. The van der Waals surface area contributed by atoms with Gasteiger partial charge < -0.3 is 5.73 Å². The zero-order valence-corrected chi connectivity index (χ0v) is 12.7. The zero-order valence-electron chi connectivity index (χ0n) is 11.9. The van der Waals surface area contributed by atoms with Crippen LogP contribution in [0.15, 0.2) is 24.3 Å². The first-order chi connectivity index (χ1) is 8.89. The summed E-state index contributed by atoms with van der Waals surface area (Å²) in [5, 5.41) is 0. The van der Waals surface area contributed by atoms with Crippen LogP contribution in [0, 0.1) is 5.82 Å². The van der Waals surface area contributed by atoms with Gasteiger partial charge >= 0.3 is 0 Å². The van der Waals surface area contributed by atoms with E-state index in [1.165, 1.54) is 12.1 Å². The molecule has 0 spiro atoms. The molecule has 2 atom stereocenters. The standard InChI is InChI=1S/C15H23FN2S/c1-11(17)14(12-4-6-13(16)7-5-12)18-8-9-19-15(2,3)10-18/h4-7,11,14H,8-10,17H2,1-3H3. The predicted octanol–water partition coefficient (Wildman–Crippen LogP) is 3.04. The summed E-state index contributed by atoms with van der Waals surface area (Å²) < 4.78 is 13.3. The van der Waals surface area contributed by atoms with Crippen LogP contribution < -0.4 is 5.73 Å². The molecule has 2 rings (SSSR count). The predicted molar refractivity (Wildman–Crippen MR) is 80.9 cm³/mol. The normalized spacial score (nSPS) is 23.0. The molecule has 0 aliphatic carbocycles. The van der Waals surface area contributed by atoms with Crippen molar-refractivity contribution in [2.45, 2.75) is 37.6 Å². The van der Waals surface area contributed by atoms with Crippen molar-refractivity contribution >= 4 is 11.8 Å². The van der Waals surface area contributed by atoms with E-state index in [0.717, 1.165) is 24.4 Å². The van der Waals surface area contributed by atoms with Gasteiger partial charge in [-0.15, -0.1) is 0 Å². The molecule has 4 heteroatoms. The van der Waals surface area contributed by atoms with E-state index in [1.807, 2.05) is 30.8 Å². The molecule has 19 heavy (non-hydrogen) atoms. The Balaban J connectivity index is 2.22. The Bertz CT molecular complexity index is 417. The fourth-order valence-electron chi connectivity index (χ4n) is 2.80. The Hall–Kier alpha value is -0.580. The average Bonchev–Trinajstić information content (AvgIpc) is 2.30. The zero-order chi connectivity index (χ0) is 14.0. The van der Waals surface area contributed by atoms with E-state index >= 15 is 0 Å². The summed E-state index contributed by atoms with van der Waals surface area (Å²) in [6.45, 7) is 8.63. The van der Waals surface area contributed by atoms with Crippen LogP contribution in [0.1, 0.15) is 32.4 Å². The molecule has 0 amide bonds. The van der Waals surface area contributed by atoms with Crippen molar-refractivity contribution in [2.75, 3.05) is 18.8 Å². The van der Waals surface area contributed by atoms with E-state index in [4.69, 9.17) is 5.73 Å². The highest BCUT2D eigenvalue weighted by Gasteiger charge is 2.33. The minimum Gasteiger partial charge on any atom is -0.326 e. The lowest BCUT2D eigenvalue weighted by Gasteiger charge is -2.43. The molecule has 1 fully saturated rings. The van der Waals surface area contributed by atoms with E-state index in [9.17, 15) is 4.39 Å². The molecule has 1 saturated heterocycles. The minimum atomic E-state index is -0.193.